The first-order chi connectivity index (χ1) is 7.65. The number of carbonyl (C=O) groups excluding carboxylic acids is 1. The van der Waals surface area contributed by atoms with Gasteiger partial charge in [0.2, 0.25) is 5.91 Å². The number of amides is 1. The van der Waals surface area contributed by atoms with Crippen LogP contribution in [0.1, 0.15) is 12.2 Å². The molecule has 0 bridgehead atoms. The SMILES string of the molecule is Cc1nc(Br)cc(N2CCCNC(=O)C2)n1. The number of carbonyl (C=O) groups is 1. The van der Waals surface area contributed by atoms with E-state index in [1.54, 1.807) is 0 Å². The molecular weight excluding hydrogens is 272 g/mol. The molecular formula is C10H13BrN4O. The second kappa shape index (κ2) is 4.78. The molecule has 1 amide bonds. The molecule has 86 valence electrons. The van der Waals surface area contributed by atoms with E-state index in [2.05, 4.69) is 31.2 Å². The monoisotopic (exact) mass is 284 g/mol. The summed E-state index contributed by atoms with van der Waals surface area (Å²) in [5.74, 6) is 1.55. The average molecular weight is 285 g/mol. The predicted octanol–water partition coefficient (Wildman–Crippen LogP) is 0.874. The zero-order valence-electron chi connectivity index (χ0n) is 9.03. The van der Waals surface area contributed by atoms with Gasteiger partial charge in [-0.3, -0.25) is 4.79 Å². The van der Waals surface area contributed by atoms with E-state index in [1.807, 2.05) is 17.9 Å². The highest BCUT2D eigenvalue weighted by Gasteiger charge is 2.16. The van der Waals surface area contributed by atoms with Crippen LogP contribution in [0.3, 0.4) is 0 Å². The molecule has 1 fully saturated rings. The normalized spacial score (nSPS) is 16.9. The van der Waals surface area contributed by atoms with E-state index in [4.69, 9.17) is 0 Å². The van der Waals surface area contributed by atoms with Crippen molar-refractivity contribution < 1.29 is 4.79 Å². The minimum atomic E-state index is 0.0462. The molecule has 0 atom stereocenters. The van der Waals surface area contributed by atoms with Gasteiger partial charge in [-0.15, -0.1) is 0 Å². The number of aromatic nitrogens is 2. The van der Waals surface area contributed by atoms with Crippen LogP contribution in [0, 0.1) is 6.92 Å². The minimum absolute atomic E-state index is 0.0462. The minimum Gasteiger partial charge on any atom is -0.354 e. The van der Waals surface area contributed by atoms with Crippen LogP contribution >= 0.6 is 15.9 Å². The molecule has 0 aliphatic carbocycles. The molecule has 0 saturated carbocycles. The van der Waals surface area contributed by atoms with E-state index in [9.17, 15) is 4.79 Å². The maximum absolute atomic E-state index is 11.4. The van der Waals surface area contributed by atoms with E-state index in [0.29, 0.717) is 12.4 Å². The second-order valence-corrected chi connectivity index (χ2v) is 4.53. The van der Waals surface area contributed by atoms with Gasteiger partial charge in [-0.1, -0.05) is 0 Å². The highest BCUT2D eigenvalue weighted by molar-refractivity contribution is 9.10. The lowest BCUT2D eigenvalue weighted by Crippen LogP contribution is -2.33. The van der Waals surface area contributed by atoms with Crippen molar-refractivity contribution in [2.45, 2.75) is 13.3 Å². The summed E-state index contributed by atoms with van der Waals surface area (Å²) in [6.07, 6.45) is 0.937. The second-order valence-electron chi connectivity index (χ2n) is 3.72. The first-order valence-electron chi connectivity index (χ1n) is 5.18. The fourth-order valence-corrected chi connectivity index (χ4v) is 2.14. The van der Waals surface area contributed by atoms with E-state index in [0.717, 1.165) is 29.9 Å². The van der Waals surface area contributed by atoms with Gasteiger partial charge in [0.05, 0.1) is 6.54 Å². The van der Waals surface area contributed by atoms with Crippen LogP contribution in [-0.4, -0.2) is 35.5 Å². The first kappa shape index (κ1) is 11.3. The number of nitrogens with one attached hydrogen (secondary N) is 1. The van der Waals surface area contributed by atoms with Crippen LogP contribution in [0.4, 0.5) is 5.82 Å². The van der Waals surface area contributed by atoms with Gasteiger partial charge >= 0.3 is 0 Å². The average Bonchev–Trinajstić information content (AvgIpc) is 2.41. The summed E-state index contributed by atoms with van der Waals surface area (Å²) in [6.45, 7) is 3.78. The van der Waals surface area contributed by atoms with Crippen molar-refractivity contribution in [3.63, 3.8) is 0 Å². The smallest absolute Gasteiger partial charge is 0.239 e. The van der Waals surface area contributed by atoms with E-state index >= 15 is 0 Å². The number of anilines is 1. The van der Waals surface area contributed by atoms with Crippen molar-refractivity contribution >= 4 is 27.7 Å². The fourth-order valence-electron chi connectivity index (χ4n) is 1.68. The molecule has 1 aliphatic heterocycles. The summed E-state index contributed by atoms with van der Waals surface area (Å²) in [4.78, 5) is 21.9. The molecule has 5 nitrogen and oxygen atoms in total. The molecule has 0 spiro atoms. The van der Waals surface area contributed by atoms with Crippen molar-refractivity contribution in [3.8, 4) is 0 Å². The van der Waals surface area contributed by atoms with Gasteiger partial charge < -0.3 is 10.2 Å². The third-order valence-electron chi connectivity index (χ3n) is 2.38. The van der Waals surface area contributed by atoms with Crippen molar-refractivity contribution in [3.05, 3.63) is 16.5 Å². The lowest BCUT2D eigenvalue weighted by molar-refractivity contribution is -0.119. The zero-order chi connectivity index (χ0) is 11.5. The summed E-state index contributed by atoms with van der Waals surface area (Å²) >= 11 is 3.34. The third-order valence-corrected chi connectivity index (χ3v) is 2.78. The first-order valence-corrected chi connectivity index (χ1v) is 5.97. The van der Waals surface area contributed by atoms with Gasteiger partial charge in [-0.05, 0) is 29.3 Å². The molecule has 1 aromatic rings. The van der Waals surface area contributed by atoms with Gasteiger partial charge in [-0.25, -0.2) is 9.97 Å². The van der Waals surface area contributed by atoms with Gasteiger partial charge in [0.25, 0.3) is 0 Å². The number of halogens is 1. The number of hydrogen-bond donors (Lipinski definition) is 1. The standard InChI is InChI=1S/C10H13BrN4O/c1-7-13-8(11)5-9(14-7)15-4-2-3-12-10(16)6-15/h5H,2-4,6H2,1H3,(H,12,16). The maximum Gasteiger partial charge on any atom is 0.239 e. The largest absolute Gasteiger partial charge is 0.354 e. The van der Waals surface area contributed by atoms with Gasteiger partial charge in [0, 0.05) is 19.2 Å². The Labute approximate surface area is 102 Å². The van der Waals surface area contributed by atoms with E-state index in [-0.39, 0.29) is 5.91 Å². The Morgan fingerprint density at radius 2 is 2.31 bits per heavy atom. The van der Waals surface area contributed by atoms with Crippen LogP contribution in [0.15, 0.2) is 10.7 Å². The molecule has 2 rings (SSSR count). The molecule has 1 saturated heterocycles. The summed E-state index contributed by atoms with van der Waals surface area (Å²) < 4.78 is 0.750. The molecule has 16 heavy (non-hydrogen) atoms. The van der Waals surface area contributed by atoms with Crippen molar-refractivity contribution in [1.82, 2.24) is 15.3 Å². The van der Waals surface area contributed by atoms with Gasteiger partial charge in [0.1, 0.15) is 16.2 Å². The van der Waals surface area contributed by atoms with Gasteiger partial charge in [-0.2, -0.15) is 0 Å². The van der Waals surface area contributed by atoms with Crippen molar-refractivity contribution in [2.75, 3.05) is 24.5 Å². The Morgan fingerprint density at radius 3 is 3.06 bits per heavy atom. The summed E-state index contributed by atoms with van der Waals surface area (Å²) in [5.41, 5.74) is 0. The van der Waals surface area contributed by atoms with Gasteiger partial charge in [0.15, 0.2) is 0 Å². The molecule has 1 aliphatic rings. The zero-order valence-corrected chi connectivity index (χ0v) is 10.6. The van der Waals surface area contributed by atoms with Crippen LogP contribution < -0.4 is 10.2 Å². The van der Waals surface area contributed by atoms with Crippen LogP contribution in [-0.2, 0) is 4.79 Å². The fraction of sp³-hybridized carbons (Fsp3) is 0.500. The summed E-state index contributed by atoms with van der Waals surface area (Å²) in [7, 11) is 0. The lowest BCUT2D eigenvalue weighted by Gasteiger charge is -2.20. The van der Waals surface area contributed by atoms with Crippen LogP contribution in [0.5, 0.6) is 0 Å². The molecule has 6 heteroatoms. The highest BCUT2D eigenvalue weighted by atomic mass is 79.9. The van der Waals surface area contributed by atoms with E-state index in [1.165, 1.54) is 0 Å². The number of aryl methyl sites for hydroxylation is 1. The molecule has 2 heterocycles. The Hall–Kier alpha value is -1.17. The number of nitrogens with zero attached hydrogens (tertiary/aromatic N) is 3. The Bertz CT molecular complexity index is 390. The quantitative estimate of drug-likeness (QED) is 0.778. The Morgan fingerprint density at radius 1 is 1.50 bits per heavy atom. The summed E-state index contributed by atoms with van der Waals surface area (Å²) in [5, 5.41) is 2.84. The third kappa shape index (κ3) is 2.69. The lowest BCUT2D eigenvalue weighted by atomic mass is 10.4. The number of rotatable bonds is 1. The topological polar surface area (TPSA) is 58.1 Å². The molecule has 1 aromatic heterocycles. The van der Waals surface area contributed by atoms with Crippen molar-refractivity contribution in [2.24, 2.45) is 0 Å². The predicted molar refractivity (Wildman–Crippen MR) is 64.3 cm³/mol. The van der Waals surface area contributed by atoms with Crippen molar-refractivity contribution in [1.29, 1.82) is 0 Å². The molecule has 0 aromatic carbocycles. The number of hydrogen-bond acceptors (Lipinski definition) is 4. The molecule has 1 N–H and O–H groups in total. The molecule has 0 radical (unpaired) electrons. The van der Waals surface area contributed by atoms with E-state index < -0.39 is 0 Å². The van der Waals surface area contributed by atoms with Crippen LogP contribution in [0.2, 0.25) is 0 Å². The maximum atomic E-state index is 11.4. The van der Waals surface area contributed by atoms with Crippen LogP contribution in [0.25, 0.3) is 0 Å². The molecule has 0 unspecified atom stereocenters. The highest BCUT2D eigenvalue weighted by Crippen LogP contribution is 2.17. The summed E-state index contributed by atoms with van der Waals surface area (Å²) in [6, 6.07) is 1.84. The Kier molecular flexibility index (Phi) is 3.38. The Balaban J connectivity index is 2.24.